The summed E-state index contributed by atoms with van der Waals surface area (Å²) in [6.07, 6.45) is 2.00. The van der Waals surface area contributed by atoms with Crippen LogP contribution in [0.4, 0.5) is 0 Å². The molecule has 74 valence electrons. The highest BCUT2D eigenvalue weighted by Gasteiger charge is 2.39. The normalized spacial score (nSPS) is 33.8. The summed E-state index contributed by atoms with van der Waals surface area (Å²) in [4.78, 5) is 13.5. The Kier molecular flexibility index (Phi) is 2.26. The SMILES string of the molecule is COC1CN(C(=O)C2CC(N)C2)C1. The molecule has 0 aromatic carbocycles. The second kappa shape index (κ2) is 3.27. The van der Waals surface area contributed by atoms with Crippen molar-refractivity contribution in [1.29, 1.82) is 0 Å². The molecule has 0 spiro atoms. The zero-order valence-electron chi connectivity index (χ0n) is 7.90. The number of rotatable bonds is 2. The lowest BCUT2D eigenvalue weighted by Crippen LogP contribution is -2.58. The number of amides is 1. The van der Waals surface area contributed by atoms with Gasteiger partial charge < -0.3 is 15.4 Å². The van der Waals surface area contributed by atoms with Gasteiger partial charge in [-0.1, -0.05) is 0 Å². The third kappa shape index (κ3) is 1.56. The maximum absolute atomic E-state index is 11.6. The van der Waals surface area contributed by atoms with Crippen LogP contribution in [0.1, 0.15) is 12.8 Å². The summed E-state index contributed by atoms with van der Waals surface area (Å²) in [6, 6.07) is 0.258. The number of hydrogen-bond acceptors (Lipinski definition) is 3. The van der Waals surface area contributed by atoms with Gasteiger partial charge in [-0.15, -0.1) is 0 Å². The molecule has 0 bridgehead atoms. The first-order valence-corrected chi connectivity index (χ1v) is 4.78. The van der Waals surface area contributed by atoms with Gasteiger partial charge >= 0.3 is 0 Å². The van der Waals surface area contributed by atoms with Gasteiger partial charge in [0.2, 0.25) is 5.91 Å². The topological polar surface area (TPSA) is 55.6 Å². The van der Waals surface area contributed by atoms with Crippen LogP contribution in [0.3, 0.4) is 0 Å². The highest BCUT2D eigenvalue weighted by molar-refractivity contribution is 5.80. The molecule has 1 heterocycles. The van der Waals surface area contributed by atoms with Crippen molar-refractivity contribution in [3.63, 3.8) is 0 Å². The zero-order chi connectivity index (χ0) is 9.42. The Morgan fingerprint density at radius 2 is 2.08 bits per heavy atom. The number of hydrogen-bond donors (Lipinski definition) is 1. The Morgan fingerprint density at radius 3 is 2.54 bits per heavy atom. The molecule has 4 nitrogen and oxygen atoms in total. The van der Waals surface area contributed by atoms with Crippen molar-refractivity contribution in [2.75, 3.05) is 20.2 Å². The molecular formula is C9H16N2O2. The van der Waals surface area contributed by atoms with E-state index in [1.807, 2.05) is 4.90 Å². The number of ether oxygens (including phenoxy) is 1. The molecule has 0 aromatic heterocycles. The molecule has 0 radical (unpaired) electrons. The fourth-order valence-corrected chi connectivity index (χ4v) is 1.89. The van der Waals surface area contributed by atoms with Gasteiger partial charge in [-0.25, -0.2) is 0 Å². The number of nitrogens with zero attached hydrogens (tertiary/aromatic N) is 1. The monoisotopic (exact) mass is 184 g/mol. The van der Waals surface area contributed by atoms with E-state index < -0.39 is 0 Å². The molecule has 0 unspecified atom stereocenters. The maximum Gasteiger partial charge on any atom is 0.225 e. The van der Waals surface area contributed by atoms with E-state index in [2.05, 4.69) is 0 Å². The second-order valence-electron chi connectivity index (χ2n) is 4.03. The number of carbonyl (C=O) groups is 1. The van der Waals surface area contributed by atoms with E-state index in [-0.39, 0.29) is 24.0 Å². The van der Waals surface area contributed by atoms with E-state index in [1.54, 1.807) is 7.11 Å². The molecule has 1 amide bonds. The molecule has 0 atom stereocenters. The largest absolute Gasteiger partial charge is 0.378 e. The molecular weight excluding hydrogens is 168 g/mol. The van der Waals surface area contributed by atoms with Crippen molar-refractivity contribution in [2.45, 2.75) is 25.0 Å². The van der Waals surface area contributed by atoms with E-state index in [1.165, 1.54) is 0 Å². The average Bonchev–Trinajstić information content (AvgIpc) is 1.96. The molecule has 13 heavy (non-hydrogen) atoms. The van der Waals surface area contributed by atoms with Gasteiger partial charge in [-0.05, 0) is 12.8 Å². The summed E-state index contributed by atoms with van der Waals surface area (Å²) < 4.78 is 5.10. The van der Waals surface area contributed by atoms with Crippen LogP contribution in [-0.4, -0.2) is 43.2 Å². The Balaban J connectivity index is 1.74. The van der Waals surface area contributed by atoms with Crippen LogP contribution in [-0.2, 0) is 9.53 Å². The van der Waals surface area contributed by atoms with E-state index in [4.69, 9.17) is 10.5 Å². The summed E-state index contributed by atoms with van der Waals surface area (Å²) in [7, 11) is 1.69. The second-order valence-corrected chi connectivity index (χ2v) is 4.03. The van der Waals surface area contributed by atoms with Crippen LogP contribution in [0.2, 0.25) is 0 Å². The summed E-state index contributed by atoms with van der Waals surface area (Å²) in [5, 5.41) is 0. The molecule has 1 saturated heterocycles. The molecule has 1 aliphatic heterocycles. The minimum atomic E-state index is 0.202. The van der Waals surface area contributed by atoms with Crippen LogP contribution < -0.4 is 5.73 Å². The maximum atomic E-state index is 11.6. The number of nitrogens with two attached hydrogens (primary N) is 1. The zero-order valence-corrected chi connectivity index (χ0v) is 7.90. The van der Waals surface area contributed by atoms with E-state index in [0.29, 0.717) is 0 Å². The molecule has 2 aliphatic rings. The van der Waals surface area contributed by atoms with Crippen molar-refractivity contribution < 1.29 is 9.53 Å². The molecule has 4 heteroatoms. The Labute approximate surface area is 78.0 Å². The van der Waals surface area contributed by atoms with E-state index in [9.17, 15) is 4.79 Å². The number of methoxy groups -OCH3 is 1. The molecule has 2 rings (SSSR count). The Hall–Kier alpha value is -0.610. The van der Waals surface area contributed by atoms with Crippen LogP contribution in [0.5, 0.6) is 0 Å². The quantitative estimate of drug-likeness (QED) is 0.634. The third-order valence-electron chi connectivity index (χ3n) is 3.02. The molecule has 2 N–H and O–H groups in total. The van der Waals surface area contributed by atoms with Crippen LogP contribution >= 0.6 is 0 Å². The van der Waals surface area contributed by atoms with Gasteiger partial charge in [0.05, 0.1) is 6.10 Å². The number of carbonyl (C=O) groups excluding carboxylic acids is 1. The molecule has 1 aliphatic carbocycles. The van der Waals surface area contributed by atoms with Gasteiger partial charge in [0.15, 0.2) is 0 Å². The van der Waals surface area contributed by atoms with Gasteiger partial charge in [0, 0.05) is 32.2 Å². The van der Waals surface area contributed by atoms with E-state index in [0.717, 1.165) is 25.9 Å². The summed E-state index contributed by atoms with van der Waals surface area (Å²) in [6.45, 7) is 1.53. The molecule has 0 aromatic rings. The average molecular weight is 184 g/mol. The predicted molar refractivity (Wildman–Crippen MR) is 48.1 cm³/mol. The van der Waals surface area contributed by atoms with Gasteiger partial charge in [0.1, 0.15) is 0 Å². The predicted octanol–water partition coefficient (Wildman–Crippen LogP) is -0.419. The van der Waals surface area contributed by atoms with Crippen molar-refractivity contribution in [3.8, 4) is 0 Å². The van der Waals surface area contributed by atoms with Gasteiger partial charge in [-0.3, -0.25) is 4.79 Å². The number of likely N-dealkylation sites (tertiary alicyclic amines) is 1. The standard InChI is InChI=1S/C9H16N2O2/c1-13-8-4-11(5-8)9(12)6-2-7(10)3-6/h6-8H,2-5,10H2,1H3. The summed E-state index contributed by atoms with van der Waals surface area (Å²) in [5.74, 6) is 0.475. The van der Waals surface area contributed by atoms with E-state index >= 15 is 0 Å². The third-order valence-corrected chi connectivity index (χ3v) is 3.02. The fourth-order valence-electron chi connectivity index (χ4n) is 1.89. The minimum absolute atomic E-state index is 0.202. The first-order valence-electron chi connectivity index (χ1n) is 4.78. The highest BCUT2D eigenvalue weighted by atomic mass is 16.5. The minimum Gasteiger partial charge on any atom is -0.378 e. The molecule has 2 fully saturated rings. The van der Waals surface area contributed by atoms with Crippen LogP contribution in [0.25, 0.3) is 0 Å². The Bertz CT molecular complexity index is 208. The van der Waals surface area contributed by atoms with Crippen molar-refractivity contribution in [1.82, 2.24) is 4.90 Å². The van der Waals surface area contributed by atoms with Crippen molar-refractivity contribution in [2.24, 2.45) is 11.7 Å². The van der Waals surface area contributed by atoms with Gasteiger partial charge in [0.25, 0.3) is 0 Å². The fraction of sp³-hybridized carbons (Fsp3) is 0.889. The van der Waals surface area contributed by atoms with Crippen LogP contribution in [0.15, 0.2) is 0 Å². The first kappa shape index (κ1) is 8.97. The van der Waals surface area contributed by atoms with Crippen molar-refractivity contribution in [3.05, 3.63) is 0 Å². The lowest BCUT2D eigenvalue weighted by atomic mass is 9.79. The van der Waals surface area contributed by atoms with Crippen LogP contribution in [0, 0.1) is 5.92 Å². The summed E-state index contributed by atoms with van der Waals surface area (Å²) >= 11 is 0. The van der Waals surface area contributed by atoms with Crippen molar-refractivity contribution >= 4 is 5.91 Å². The highest BCUT2D eigenvalue weighted by Crippen LogP contribution is 2.29. The first-order chi connectivity index (χ1) is 6.20. The smallest absolute Gasteiger partial charge is 0.225 e. The Morgan fingerprint density at radius 1 is 1.46 bits per heavy atom. The molecule has 1 saturated carbocycles. The van der Waals surface area contributed by atoms with Gasteiger partial charge in [-0.2, -0.15) is 0 Å². The summed E-state index contributed by atoms with van der Waals surface area (Å²) in [5.41, 5.74) is 5.62. The lowest BCUT2D eigenvalue weighted by molar-refractivity contribution is -0.150. The lowest BCUT2D eigenvalue weighted by Gasteiger charge is -2.43.